The van der Waals surface area contributed by atoms with Crippen molar-refractivity contribution in [2.24, 2.45) is 4.99 Å². The topological polar surface area (TPSA) is 54.9 Å². The molecule has 1 fully saturated rings. The maximum absolute atomic E-state index is 6.50. The van der Waals surface area contributed by atoms with Crippen LogP contribution in [0.1, 0.15) is 31.7 Å². The first-order valence-electron chi connectivity index (χ1n) is 9.07. The Morgan fingerprint density at radius 2 is 2.04 bits per heavy atom. The molecule has 1 heterocycles. The summed E-state index contributed by atoms with van der Waals surface area (Å²) in [5, 5.41) is 7.65. The number of nitrogens with one attached hydrogen (secondary N) is 2. The zero-order chi connectivity index (χ0) is 18.0. The molecule has 0 amide bonds. The minimum Gasteiger partial charge on any atom is -0.382 e. The van der Waals surface area contributed by atoms with E-state index < -0.39 is 0 Å². The second kappa shape index (κ2) is 10.6. The first-order valence-corrected chi connectivity index (χ1v) is 9.44. The highest BCUT2D eigenvalue weighted by Crippen LogP contribution is 2.38. The van der Waals surface area contributed by atoms with Gasteiger partial charge in [0.1, 0.15) is 0 Å². The smallest absolute Gasteiger partial charge is 0.191 e. The number of guanidine groups is 1. The average Bonchev–Trinajstić information content (AvgIpc) is 2.65. The molecule has 0 aromatic heterocycles. The van der Waals surface area contributed by atoms with E-state index in [1.54, 1.807) is 7.05 Å². The fourth-order valence-corrected chi connectivity index (χ4v) is 3.53. The molecule has 0 radical (unpaired) electrons. The first kappa shape index (κ1) is 20.0. The molecule has 0 saturated carbocycles. The maximum atomic E-state index is 6.50. The van der Waals surface area contributed by atoms with Gasteiger partial charge in [-0.1, -0.05) is 29.8 Å². The Kier molecular flexibility index (Phi) is 8.52. The van der Waals surface area contributed by atoms with E-state index >= 15 is 0 Å². The van der Waals surface area contributed by atoms with E-state index in [0.29, 0.717) is 0 Å². The van der Waals surface area contributed by atoms with Crippen molar-refractivity contribution < 1.29 is 9.47 Å². The minimum absolute atomic E-state index is 0.0282. The number of aliphatic imine (C=N–C) groups is 1. The first-order chi connectivity index (χ1) is 12.2. The molecule has 0 aliphatic carbocycles. The second-order valence-electron chi connectivity index (χ2n) is 6.28. The van der Waals surface area contributed by atoms with Crippen molar-refractivity contribution in [2.45, 2.75) is 31.6 Å². The summed E-state index contributed by atoms with van der Waals surface area (Å²) in [5.74, 6) is 0.814. The van der Waals surface area contributed by atoms with Gasteiger partial charge in [0.2, 0.25) is 0 Å². The summed E-state index contributed by atoms with van der Waals surface area (Å²) in [6.45, 7) is 6.67. The highest BCUT2D eigenvalue weighted by Gasteiger charge is 2.36. The standard InChI is InChI=1S/C19H30ClN3O2/c1-3-24-12-6-11-22-18(21-2)23-15-19(9-13-25-14-10-19)16-7-4-5-8-17(16)20/h4-5,7-8H,3,6,9-15H2,1-2H3,(H2,21,22,23). The largest absolute Gasteiger partial charge is 0.382 e. The molecule has 0 atom stereocenters. The molecular formula is C19H30ClN3O2. The number of ether oxygens (including phenoxy) is 2. The van der Waals surface area contributed by atoms with Gasteiger partial charge in [-0.25, -0.2) is 0 Å². The molecular weight excluding hydrogens is 338 g/mol. The van der Waals surface area contributed by atoms with Crippen molar-refractivity contribution >= 4 is 17.6 Å². The summed E-state index contributed by atoms with van der Waals surface area (Å²) in [6.07, 6.45) is 2.86. The van der Waals surface area contributed by atoms with Crippen molar-refractivity contribution in [3.8, 4) is 0 Å². The Bertz CT molecular complexity index is 545. The second-order valence-corrected chi connectivity index (χ2v) is 6.68. The monoisotopic (exact) mass is 367 g/mol. The van der Waals surface area contributed by atoms with Crippen LogP contribution in [0, 0.1) is 0 Å². The third-order valence-electron chi connectivity index (χ3n) is 4.67. The van der Waals surface area contributed by atoms with Crippen molar-refractivity contribution in [1.82, 2.24) is 10.6 Å². The van der Waals surface area contributed by atoms with Crippen LogP contribution >= 0.6 is 11.6 Å². The molecule has 2 rings (SSSR count). The lowest BCUT2D eigenvalue weighted by Gasteiger charge is -2.38. The molecule has 6 heteroatoms. The van der Waals surface area contributed by atoms with E-state index in [1.807, 2.05) is 19.1 Å². The van der Waals surface area contributed by atoms with Gasteiger partial charge in [0, 0.05) is 57.0 Å². The van der Waals surface area contributed by atoms with E-state index in [2.05, 4.69) is 27.8 Å². The van der Waals surface area contributed by atoms with Gasteiger partial charge in [0.25, 0.3) is 0 Å². The van der Waals surface area contributed by atoms with Crippen molar-refractivity contribution in [2.75, 3.05) is 46.6 Å². The summed E-state index contributed by atoms with van der Waals surface area (Å²) < 4.78 is 11.0. The number of nitrogens with zero attached hydrogens (tertiary/aromatic N) is 1. The number of halogens is 1. The van der Waals surface area contributed by atoms with E-state index in [0.717, 1.165) is 69.8 Å². The summed E-state index contributed by atoms with van der Waals surface area (Å²) >= 11 is 6.50. The van der Waals surface area contributed by atoms with E-state index in [1.165, 1.54) is 5.56 Å². The predicted octanol–water partition coefficient (Wildman–Crippen LogP) is 2.98. The van der Waals surface area contributed by atoms with Crippen molar-refractivity contribution in [3.05, 3.63) is 34.9 Å². The highest BCUT2D eigenvalue weighted by atomic mass is 35.5. The number of hydrogen-bond donors (Lipinski definition) is 2. The average molecular weight is 368 g/mol. The fraction of sp³-hybridized carbons (Fsp3) is 0.632. The van der Waals surface area contributed by atoms with Crippen LogP contribution in [-0.4, -0.2) is 52.5 Å². The molecule has 0 spiro atoms. The van der Waals surface area contributed by atoms with E-state index in [-0.39, 0.29) is 5.41 Å². The summed E-state index contributed by atoms with van der Waals surface area (Å²) in [6, 6.07) is 8.13. The lowest BCUT2D eigenvalue weighted by Crippen LogP contribution is -2.48. The third-order valence-corrected chi connectivity index (χ3v) is 5.00. The molecule has 25 heavy (non-hydrogen) atoms. The third kappa shape index (κ3) is 5.87. The van der Waals surface area contributed by atoms with Gasteiger partial charge in [-0.05, 0) is 37.8 Å². The molecule has 2 N–H and O–H groups in total. The van der Waals surface area contributed by atoms with Crippen LogP contribution in [0.3, 0.4) is 0 Å². The van der Waals surface area contributed by atoms with Crippen LogP contribution in [0.5, 0.6) is 0 Å². The van der Waals surface area contributed by atoms with Crippen LogP contribution in [-0.2, 0) is 14.9 Å². The Morgan fingerprint density at radius 3 is 2.72 bits per heavy atom. The normalized spacial score (nSPS) is 17.3. The lowest BCUT2D eigenvalue weighted by molar-refractivity contribution is 0.0514. The van der Waals surface area contributed by atoms with Crippen LogP contribution < -0.4 is 10.6 Å². The highest BCUT2D eigenvalue weighted by molar-refractivity contribution is 6.31. The van der Waals surface area contributed by atoms with Crippen molar-refractivity contribution in [1.29, 1.82) is 0 Å². The predicted molar refractivity (Wildman–Crippen MR) is 104 cm³/mol. The van der Waals surface area contributed by atoms with Gasteiger partial charge in [-0.3, -0.25) is 4.99 Å². The molecule has 140 valence electrons. The molecule has 0 bridgehead atoms. The summed E-state index contributed by atoms with van der Waals surface area (Å²) in [4.78, 5) is 4.33. The van der Waals surface area contributed by atoms with Gasteiger partial charge in [-0.15, -0.1) is 0 Å². The van der Waals surface area contributed by atoms with Gasteiger partial charge in [0.05, 0.1) is 0 Å². The Balaban J connectivity index is 1.97. The Hall–Kier alpha value is -1.30. The zero-order valence-corrected chi connectivity index (χ0v) is 16.1. The number of benzene rings is 1. The number of hydrogen-bond acceptors (Lipinski definition) is 3. The molecule has 1 aromatic carbocycles. The number of rotatable bonds is 8. The van der Waals surface area contributed by atoms with Crippen LogP contribution in [0.2, 0.25) is 5.02 Å². The van der Waals surface area contributed by atoms with Crippen LogP contribution in [0.25, 0.3) is 0 Å². The van der Waals surface area contributed by atoms with Crippen molar-refractivity contribution in [3.63, 3.8) is 0 Å². The van der Waals surface area contributed by atoms with E-state index in [9.17, 15) is 0 Å². The van der Waals surface area contributed by atoms with Crippen LogP contribution in [0.15, 0.2) is 29.3 Å². The van der Waals surface area contributed by atoms with Gasteiger partial charge in [-0.2, -0.15) is 0 Å². The molecule has 0 unspecified atom stereocenters. The fourth-order valence-electron chi connectivity index (χ4n) is 3.19. The zero-order valence-electron chi connectivity index (χ0n) is 15.3. The molecule has 1 aliphatic heterocycles. The lowest BCUT2D eigenvalue weighted by atomic mass is 9.74. The quantitative estimate of drug-likeness (QED) is 0.421. The minimum atomic E-state index is -0.0282. The maximum Gasteiger partial charge on any atom is 0.191 e. The Labute approximate surface area is 156 Å². The van der Waals surface area contributed by atoms with Gasteiger partial charge in [0.15, 0.2) is 5.96 Å². The molecule has 5 nitrogen and oxygen atoms in total. The van der Waals surface area contributed by atoms with Crippen LogP contribution in [0.4, 0.5) is 0 Å². The SMILES string of the molecule is CCOCCCNC(=NC)NCC1(c2ccccc2Cl)CCOCC1. The van der Waals surface area contributed by atoms with Gasteiger partial charge < -0.3 is 20.1 Å². The van der Waals surface area contributed by atoms with E-state index in [4.69, 9.17) is 21.1 Å². The molecule has 1 aromatic rings. The summed E-state index contributed by atoms with van der Waals surface area (Å²) in [5.41, 5.74) is 1.17. The summed E-state index contributed by atoms with van der Waals surface area (Å²) in [7, 11) is 1.80. The molecule has 1 aliphatic rings. The van der Waals surface area contributed by atoms with Gasteiger partial charge >= 0.3 is 0 Å². The Morgan fingerprint density at radius 1 is 1.28 bits per heavy atom. The molecule has 1 saturated heterocycles.